The molecule has 0 heterocycles. The van der Waals surface area contributed by atoms with Gasteiger partial charge in [0.1, 0.15) is 5.82 Å². The summed E-state index contributed by atoms with van der Waals surface area (Å²) in [5, 5.41) is 9.94. The summed E-state index contributed by atoms with van der Waals surface area (Å²) in [5.74, 6) is -0.295. The molecule has 17 heavy (non-hydrogen) atoms. The highest BCUT2D eigenvalue weighted by Crippen LogP contribution is 2.26. The van der Waals surface area contributed by atoms with Crippen molar-refractivity contribution in [2.45, 2.75) is 39.3 Å². The molecule has 0 unspecified atom stereocenters. The van der Waals surface area contributed by atoms with Gasteiger partial charge in [-0.25, -0.2) is 4.39 Å². The summed E-state index contributed by atoms with van der Waals surface area (Å²) in [6.45, 7) is 6.11. The van der Waals surface area contributed by atoms with Gasteiger partial charge in [0.2, 0.25) is 0 Å². The summed E-state index contributed by atoms with van der Waals surface area (Å²) in [6.07, 6.45) is -0.149. The van der Waals surface area contributed by atoms with Crippen molar-refractivity contribution in [3.05, 3.63) is 35.6 Å². The van der Waals surface area contributed by atoms with Crippen LogP contribution in [0.1, 0.15) is 38.9 Å². The molecule has 0 radical (unpaired) electrons. The van der Waals surface area contributed by atoms with Crippen molar-refractivity contribution in [1.29, 1.82) is 0 Å². The second kappa shape index (κ2) is 6.34. The molecule has 0 bridgehead atoms. The summed E-state index contributed by atoms with van der Waals surface area (Å²) in [4.78, 5) is 0. The number of benzene rings is 1. The first-order chi connectivity index (χ1) is 7.30. The van der Waals surface area contributed by atoms with Gasteiger partial charge in [0.05, 0.1) is 6.10 Å². The van der Waals surface area contributed by atoms with E-state index >= 15 is 0 Å². The summed E-state index contributed by atoms with van der Waals surface area (Å²) in [7, 11) is 0. The number of hydrogen-bond donors (Lipinski definition) is 2. The van der Waals surface area contributed by atoms with Gasteiger partial charge in [0, 0.05) is 6.04 Å². The fourth-order valence-corrected chi connectivity index (χ4v) is 1.42. The van der Waals surface area contributed by atoms with Crippen LogP contribution in [0.5, 0.6) is 0 Å². The fraction of sp³-hybridized carbons (Fsp3) is 0.538. The van der Waals surface area contributed by atoms with E-state index in [-0.39, 0.29) is 29.7 Å². The van der Waals surface area contributed by atoms with Crippen molar-refractivity contribution in [3.8, 4) is 0 Å². The minimum Gasteiger partial charge on any atom is -0.388 e. The van der Waals surface area contributed by atoms with Crippen LogP contribution in [-0.2, 0) is 0 Å². The maximum Gasteiger partial charge on any atom is 0.123 e. The van der Waals surface area contributed by atoms with Crippen molar-refractivity contribution in [1.82, 2.24) is 0 Å². The Balaban J connectivity index is 0.00000256. The lowest BCUT2D eigenvalue weighted by atomic mass is 9.83. The van der Waals surface area contributed by atoms with Crippen LogP contribution in [0.2, 0.25) is 0 Å². The molecule has 0 amide bonds. The van der Waals surface area contributed by atoms with E-state index in [0.717, 1.165) is 0 Å². The smallest absolute Gasteiger partial charge is 0.123 e. The number of aliphatic hydroxyl groups excluding tert-OH is 1. The molecule has 1 aromatic carbocycles. The summed E-state index contributed by atoms with van der Waals surface area (Å²) >= 11 is 0. The molecule has 1 aromatic rings. The Morgan fingerprint density at radius 2 is 1.71 bits per heavy atom. The Bertz CT molecular complexity index is 334. The van der Waals surface area contributed by atoms with Crippen molar-refractivity contribution in [2.24, 2.45) is 11.1 Å². The molecule has 0 aliphatic rings. The van der Waals surface area contributed by atoms with Crippen LogP contribution in [0, 0.1) is 11.2 Å². The van der Waals surface area contributed by atoms with Crippen LogP contribution in [0.4, 0.5) is 4.39 Å². The second-order valence-corrected chi connectivity index (χ2v) is 5.28. The Labute approximate surface area is 108 Å². The van der Waals surface area contributed by atoms with Crippen LogP contribution < -0.4 is 5.73 Å². The molecule has 0 aliphatic heterocycles. The van der Waals surface area contributed by atoms with Gasteiger partial charge >= 0.3 is 0 Å². The topological polar surface area (TPSA) is 46.2 Å². The molecule has 2 nitrogen and oxygen atoms in total. The Kier molecular flexibility index (Phi) is 6.10. The fourth-order valence-electron chi connectivity index (χ4n) is 1.42. The quantitative estimate of drug-likeness (QED) is 0.879. The van der Waals surface area contributed by atoms with Crippen LogP contribution in [0.25, 0.3) is 0 Å². The number of halogens is 2. The van der Waals surface area contributed by atoms with Gasteiger partial charge in [-0.05, 0) is 29.5 Å². The summed E-state index contributed by atoms with van der Waals surface area (Å²) in [6, 6.07) is 5.79. The Morgan fingerprint density at radius 3 is 2.12 bits per heavy atom. The lowest BCUT2D eigenvalue weighted by Crippen LogP contribution is -2.36. The molecule has 0 saturated heterocycles. The first-order valence-corrected chi connectivity index (χ1v) is 5.50. The van der Waals surface area contributed by atoms with Crippen molar-refractivity contribution >= 4 is 12.4 Å². The van der Waals surface area contributed by atoms with Crippen molar-refractivity contribution < 1.29 is 9.50 Å². The lowest BCUT2D eigenvalue weighted by molar-refractivity contribution is 0.133. The minimum atomic E-state index is -0.630. The summed E-state index contributed by atoms with van der Waals surface area (Å²) in [5.41, 5.74) is 6.65. The van der Waals surface area contributed by atoms with Gasteiger partial charge in [-0.3, -0.25) is 0 Å². The highest BCUT2D eigenvalue weighted by atomic mass is 35.5. The number of aliphatic hydroxyl groups is 1. The van der Waals surface area contributed by atoms with Gasteiger partial charge in [-0.15, -0.1) is 12.4 Å². The zero-order valence-corrected chi connectivity index (χ0v) is 11.3. The van der Waals surface area contributed by atoms with Crippen LogP contribution in [0.3, 0.4) is 0 Å². The molecular formula is C13H21ClFNO. The molecule has 0 spiro atoms. The Hall–Kier alpha value is -0.640. The zero-order valence-electron chi connectivity index (χ0n) is 10.5. The predicted octanol–water partition coefficient (Wildman–Crippen LogP) is 3.04. The first-order valence-electron chi connectivity index (χ1n) is 5.50. The third-order valence-electron chi connectivity index (χ3n) is 2.84. The second-order valence-electron chi connectivity index (χ2n) is 5.28. The first kappa shape index (κ1) is 16.4. The lowest BCUT2D eigenvalue weighted by Gasteiger charge is -2.28. The summed E-state index contributed by atoms with van der Waals surface area (Å²) < 4.78 is 12.7. The van der Waals surface area contributed by atoms with E-state index in [0.29, 0.717) is 12.0 Å². The molecule has 0 fully saturated rings. The van der Waals surface area contributed by atoms with Gasteiger partial charge in [-0.2, -0.15) is 0 Å². The average molecular weight is 262 g/mol. The van der Waals surface area contributed by atoms with E-state index in [1.54, 1.807) is 12.1 Å². The standard InChI is InChI=1S/C13H20FNO.ClH/c1-13(2,3)12(15)8-11(16)9-4-6-10(14)7-5-9;/h4-7,11-12,16H,8,15H2,1-3H3;1H/t11-,12+;/m1./s1. The number of nitrogens with two attached hydrogens (primary N) is 1. The molecule has 2 atom stereocenters. The molecule has 3 N–H and O–H groups in total. The molecule has 4 heteroatoms. The van der Waals surface area contributed by atoms with Crippen LogP contribution in [-0.4, -0.2) is 11.1 Å². The molecule has 1 rings (SSSR count). The van der Waals surface area contributed by atoms with E-state index in [1.165, 1.54) is 12.1 Å². The average Bonchev–Trinajstić information content (AvgIpc) is 2.17. The van der Waals surface area contributed by atoms with Crippen LogP contribution >= 0.6 is 12.4 Å². The van der Waals surface area contributed by atoms with E-state index in [1.807, 2.05) is 20.8 Å². The molecule has 0 saturated carbocycles. The molecule has 98 valence electrons. The number of rotatable bonds is 3. The maximum atomic E-state index is 12.7. The van der Waals surface area contributed by atoms with E-state index in [9.17, 15) is 9.50 Å². The zero-order chi connectivity index (χ0) is 12.3. The van der Waals surface area contributed by atoms with Crippen LogP contribution in [0.15, 0.2) is 24.3 Å². The van der Waals surface area contributed by atoms with Crippen molar-refractivity contribution in [2.75, 3.05) is 0 Å². The molecule has 0 aromatic heterocycles. The third kappa shape index (κ3) is 5.02. The molecular weight excluding hydrogens is 241 g/mol. The maximum absolute atomic E-state index is 12.7. The van der Waals surface area contributed by atoms with E-state index in [2.05, 4.69) is 0 Å². The predicted molar refractivity (Wildman–Crippen MR) is 70.7 cm³/mol. The van der Waals surface area contributed by atoms with Crippen molar-refractivity contribution in [3.63, 3.8) is 0 Å². The largest absolute Gasteiger partial charge is 0.388 e. The number of hydrogen-bond acceptors (Lipinski definition) is 2. The molecule has 0 aliphatic carbocycles. The minimum absolute atomic E-state index is 0. The Morgan fingerprint density at radius 1 is 1.24 bits per heavy atom. The monoisotopic (exact) mass is 261 g/mol. The van der Waals surface area contributed by atoms with E-state index < -0.39 is 6.10 Å². The highest BCUT2D eigenvalue weighted by Gasteiger charge is 2.23. The normalized spacial score (nSPS) is 14.9. The van der Waals surface area contributed by atoms with Gasteiger partial charge in [0.15, 0.2) is 0 Å². The van der Waals surface area contributed by atoms with Gasteiger partial charge in [0.25, 0.3) is 0 Å². The third-order valence-corrected chi connectivity index (χ3v) is 2.84. The SMILES string of the molecule is CC(C)(C)[C@@H](N)C[C@@H](O)c1ccc(F)cc1.Cl. The van der Waals surface area contributed by atoms with Gasteiger partial charge in [-0.1, -0.05) is 32.9 Å². The van der Waals surface area contributed by atoms with Gasteiger partial charge < -0.3 is 10.8 Å². The highest BCUT2D eigenvalue weighted by molar-refractivity contribution is 5.85. The van der Waals surface area contributed by atoms with E-state index in [4.69, 9.17) is 5.73 Å².